The number of aromatic carboxylic acids is 1. The van der Waals surface area contributed by atoms with E-state index in [4.69, 9.17) is 19.0 Å². The van der Waals surface area contributed by atoms with Gasteiger partial charge in [-0.25, -0.2) is 9.18 Å². The van der Waals surface area contributed by atoms with Gasteiger partial charge in [0.05, 0.1) is 18.6 Å². The van der Waals surface area contributed by atoms with Crippen LogP contribution in [0.25, 0.3) is 6.08 Å². The first-order valence-electron chi connectivity index (χ1n) is 9.97. The minimum atomic E-state index is -1.17. The van der Waals surface area contributed by atoms with Crippen LogP contribution in [0.1, 0.15) is 27.4 Å². The Kier molecular flexibility index (Phi) is 6.69. The number of methoxy groups -OCH3 is 1. The topological polar surface area (TPSA) is 106 Å². The SMILES string of the molecule is COc1cc(/C=C2\SC(=O)N(Cc3ccccc3F)C2=O)ccc1OCc1ccc(C(=O)O)o1. The van der Waals surface area contributed by atoms with Gasteiger partial charge in [-0.2, -0.15) is 0 Å². The van der Waals surface area contributed by atoms with Crippen LogP contribution in [0.15, 0.2) is 63.9 Å². The van der Waals surface area contributed by atoms with Crippen LogP contribution in [0.5, 0.6) is 11.5 Å². The number of nitrogens with zero attached hydrogens (tertiary/aromatic N) is 1. The molecule has 0 bridgehead atoms. The number of ether oxygens (including phenoxy) is 2. The van der Waals surface area contributed by atoms with Gasteiger partial charge in [-0.05, 0) is 53.7 Å². The summed E-state index contributed by atoms with van der Waals surface area (Å²) in [5.74, 6) is -1.29. The van der Waals surface area contributed by atoms with Crippen molar-refractivity contribution in [1.29, 1.82) is 0 Å². The Labute approximate surface area is 197 Å². The third kappa shape index (κ3) is 4.96. The van der Waals surface area contributed by atoms with E-state index in [0.29, 0.717) is 22.8 Å². The summed E-state index contributed by atoms with van der Waals surface area (Å²) in [6.07, 6.45) is 1.55. The van der Waals surface area contributed by atoms with Crippen LogP contribution < -0.4 is 9.47 Å². The van der Waals surface area contributed by atoms with Gasteiger partial charge in [-0.1, -0.05) is 24.3 Å². The standard InChI is InChI=1S/C24H18FNO7S/c1-31-20-10-14(6-8-18(20)32-13-16-7-9-19(33-16)23(28)29)11-21-22(27)26(24(30)34-21)12-15-4-2-3-5-17(15)25/h2-11H,12-13H2,1H3,(H,28,29)/b21-11-. The zero-order valence-electron chi connectivity index (χ0n) is 17.8. The maximum absolute atomic E-state index is 13.9. The second kappa shape index (κ2) is 9.84. The fourth-order valence-electron chi connectivity index (χ4n) is 3.20. The number of carbonyl (C=O) groups is 3. The van der Waals surface area contributed by atoms with Gasteiger partial charge in [-0.15, -0.1) is 0 Å². The predicted octanol–water partition coefficient (Wildman–Crippen LogP) is 4.94. The average molecular weight is 483 g/mol. The van der Waals surface area contributed by atoms with Crippen LogP contribution in [0.4, 0.5) is 9.18 Å². The highest BCUT2D eigenvalue weighted by molar-refractivity contribution is 8.18. The van der Waals surface area contributed by atoms with Crippen LogP contribution in [0.3, 0.4) is 0 Å². The zero-order valence-corrected chi connectivity index (χ0v) is 18.6. The second-order valence-electron chi connectivity index (χ2n) is 7.13. The molecule has 0 saturated carbocycles. The molecule has 0 aliphatic carbocycles. The summed E-state index contributed by atoms with van der Waals surface area (Å²) in [6, 6.07) is 13.7. The van der Waals surface area contributed by atoms with Crippen molar-refractivity contribution in [3.05, 3.63) is 88.0 Å². The highest BCUT2D eigenvalue weighted by Gasteiger charge is 2.35. The van der Waals surface area contributed by atoms with Gasteiger partial charge >= 0.3 is 5.97 Å². The maximum Gasteiger partial charge on any atom is 0.371 e. The first-order chi connectivity index (χ1) is 16.4. The van der Waals surface area contributed by atoms with Gasteiger partial charge in [0, 0.05) is 5.56 Å². The normalized spacial score (nSPS) is 14.6. The smallest absolute Gasteiger partial charge is 0.371 e. The van der Waals surface area contributed by atoms with E-state index in [0.717, 1.165) is 16.7 Å². The number of benzene rings is 2. The van der Waals surface area contributed by atoms with E-state index >= 15 is 0 Å². The van der Waals surface area contributed by atoms with Gasteiger partial charge in [0.25, 0.3) is 11.1 Å². The molecule has 10 heteroatoms. The molecule has 0 spiro atoms. The number of hydrogen-bond donors (Lipinski definition) is 1. The Morgan fingerprint density at radius 1 is 1.15 bits per heavy atom. The number of thioether (sulfide) groups is 1. The van der Waals surface area contributed by atoms with Crippen molar-refractivity contribution in [2.45, 2.75) is 13.2 Å². The molecule has 4 rings (SSSR count). The number of amides is 2. The highest BCUT2D eigenvalue weighted by Crippen LogP contribution is 2.35. The monoisotopic (exact) mass is 483 g/mol. The first-order valence-corrected chi connectivity index (χ1v) is 10.8. The lowest BCUT2D eigenvalue weighted by molar-refractivity contribution is -0.123. The Bertz CT molecular complexity index is 1300. The van der Waals surface area contributed by atoms with Crippen LogP contribution in [0.2, 0.25) is 0 Å². The fourth-order valence-corrected chi connectivity index (χ4v) is 4.04. The Morgan fingerprint density at radius 3 is 2.65 bits per heavy atom. The average Bonchev–Trinajstić information content (AvgIpc) is 3.40. The molecular formula is C24H18FNO7S. The van der Waals surface area contributed by atoms with Gasteiger partial charge in [0.2, 0.25) is 5.76 Å². The van der Waals surface area contributed by atoms with Crippen molar-refractivity contribution < 1.29 is 37.8 Å². The largest absolute Gasteiger partial charge is 0.493 e. The van der Waals surface area contributed by atoms with E-state index in [-0.39, 0.29) is 29.4 Å². The highest BCUT2D eigenvalue weighted by atomic mass is 32.2. The summed E-state index contributed by atoms with van der Waals surface area (Å²) in [6.45, 7) is -0.168. The predicted molar refractivity (Wildman–Crippen MR) is 121 cm³/mol. The molecule has 0 atom stereocenters. The van der Waals surface area contributed by atoms with Crippen LogP contribution >= 0.6 is 11.8 Å². The van der Waals surface area contributed by atoms with Crippen molar-refractivity contribution in [1.82, 2.24) is 4.90 Å². The Hall–Kier alpha value is -4.05. The quantitative estimate of drug-likeness (QED) is 0.449. The summed E-state index contributed by atoms with van der Waals surface area (Å²) in [5, 5.41) is 8.44. The molecule has 1 aliphatic rings. The summed E-state index contributed by atoms with van der Waals surface area (Å²) < 4.78 is 30.1. The molecule has 1 N–H and O–H groups in total. The van der Waals surface area contributed by atoms with Gasteiger partial charge in [0.15, 0.2) is 11.5 Å². The minimum Gasteiger partial charge on any atom is -0.493 e. The van der Waals surface area contributed by atoms with Crippen molar-refractivity contribution in [3.63, 3.8) is 0 Å². The summed E-state index contributed by atoms with van der Waals surface area (Å²) in [4.78, 5) is 37.2. The molecule has 1 aromatic heterocycles. The Balaban J connectivity index is 1.48. The molecule has 8 nitrogen and oxygen atoms in total. The van der Waals surface area contributed by atoms with Crippen LogP contribution in [-0.4, -0.2) is 34.2 Å². The minimum absolute atomic E-state index is 0.0160. The third-order valence-electron chi connectivity index (χ3n) is 4.89. The number of rotatable bonds is 8. The molecule has 1 saturated heterocycles. The number of carboxylic acids is 1. The second-order valence-corrected chi connectivity index (χ2v) is 8.12. The lowest BCUT2D eigenvalue weighted by atomic mass is 10.1. The van der Waals surface area contributed by atoms with E-state index < -0.39 is 22.9 Å². The Morgan fingerprint density at radius 2 is 1.94 bits per heavy atom. The summed E-state index contributed by atoms with van der Waals surface area (Å²) in [5.41, 5.74) is 0.841. The van der Waals surface area contributed by atoms with Gasteiger partial charge in [0.1, 0.15) is 18.2 Å². The molecule has 2 amide bonds. The molecule has 2 heterocycles. The van der Waals surface area contributed by atoms with Crippen molar-refractivity contribution >= 4 is 35.0 Å². The molecule has 3 aromatic rings. The third-order valence-corrected chi connectivity index (χ3v) is 5.80. The number of imide groups is 1. The van der Waals surface area contributed by atoms with Gasteiger partial charge in [-0.3, -0.25) is 14.5 Å². The lowest BCUT2D eigenvalue weighted by Crippen LogP contribution is -2.27. The molecular weight excluding hydrogens is 465 g/mol. The maximum atomic E-state index is 13.9. The van der Waals surface area contributed by atoms with Crippen molar-refractivity contribution in [2.24, 2.45) is 0 Å². The van der Waals surface area contributed by atoms with Crippen LogP contribution in [-0.2, 0) is 17.9 Å². The zero-order chi connectivity index (χ0) is 24.2. The van der Waals surface area contributed by atoms with E-state index in [9.17, 15) is 18.8 Å². The van der Waals surface area contributed by atoms with E-state index in [1.807, 2.05) is 0 Å². The van der Waals surface area contributed by atoms with E-state index in [2.05, 4.69) is 0 Å². The summed E-state index contributed by atoms with van der Waals surface area (Å²) >= 11 is 0.775. The molecule has 34 heavy (non-hydrogen) atoms. The molecule has 0 unspecified atom stereocenters. The molecule has 0 radical (unpaired) electrons. The van der Waals surface area contributed by atoms with Crippen molar-refractivity contribution in [2.75, 3.05) is 7.11 Å². The molecule has 1 aliphatic heterocycles. The number of carboxylic acid groups (broad SMARTS) is 1. The summed E-state index contributed by atoms with van der Waals surface area (Å²) in [7, 11) is 1.45. The number of hydrogen-bond acceptors (Lipinski definition) is 7. The fraction of sp³-hybridized carbons (Fsp3) is 0.125. The molecule has 174 valence electrons. The number of furan rings is 1. The number of halogens is 1. The number of carbonyl (C=O) groups excluding carboxylic acids is 2. The van der Waals surface area contributed by atoms with Crippen LogP contribution in [0, 0.1) is 5.82 Å². The molecule has 1 fully saturated rings. The van der Waals surface area contributed by atoms with E-state index in [1.165, 1.54) is 37.4 Å². The van der Waals surface area contributed by atoms with E-state index in [1.54, 1.807) is 30.3 Å². The first kappa shape index (κ1) is 23.1. The lowest BCUT2D eigenvalue weighted by Gasteiger charge is -2.13. The van der Waals surface area contributed by atoms with Crippen molar-refractivity contribution in [3.8, 4) is 11.5 Å². The van der Waals surface area contributed by atoms with Gasteiger partial charge < -0.3 is 19.0 Å². The molecule has 2 aromatic carbocycles.